The minimum Gasteiger partial charge on any atom is -0.274 e. The number of nitrogens with zero attached hydrogens (tertiary/aromatic N) is 1. The summed E-state index contributed by atoms with van der Waals surface area (Å²) in [5.41, 5.74) is 5.68. The van der Waals surface area contributed by atoms with Crippen molar-refractivity contribution in [3.05, 3.63) is 101 Å². The first-order chi connectivity index (χ1) is 14.0. The summed E-state index contributed by atoms with van der Waals surface area (Å²) in [6, 6.07) is 24.4. The molecule has 2 amide bonds. The minimum absolute atomic E-state index is 0.0641. The molecule has 2 unspecified atom stereocenters. The Labute approximate surface area is 170 Å². The van der Waals surface area contributed by atoms with E-state index in [4.69, 9.17) is 0 Å². The van der Waals surface area contributed by atoms with Gasteiger partial charge < -0.3 is 0 Å². The molecule has 0 saturated carbocycles. The van der Waals surface area contributed by atoms with Gasteiger partial charge in [0, 0.05) is 11.8 Å². The SMILES string of the molecule is Cc1ccccc1N1C(=O)C2C3c4ccccc4C(c4ccccc43)C2(C)C1=O. The van der Waals surface area contributed by atoms with E-state index in [2.05, 4.69) is 24.3 Å². The van der Waals surface area contributed by atoms with Crippen LogP contribution in [0.5, 0.6) is 0 Å². The van der Waals surface area contributed by atoms with Crippen LogP contribution in [0.25, 0.3) is 0 Å². The second-order valence-electron chi connectivity index (χ2n) is 8.69. The van der Waals surface area contributed by atoms with Crippen LogP contribution >= 0.6 is 0 Å². The van der Waals surface area contributed by atoms with Crippen LogP contribution in [0.3, 0.4) is 0 Å². The standard InChI is InChI=1S/C26H21NO2/c1-15-9-3-8-14-20(15)27-24(28)23-21-16-10-4-6-12-18(16)22(26(23,2)25(27)29)19-13-7-5-11-17(19)21/h3-14,21-23H,1-2H3. The lowest BCUT2D eigenvalue weighted by molar-refractivity contribution is -0.128. The summed E-state index contributed by atoms with van der Waals surface area (Å²) in [5.74, 6) is -0.686. The lowest BCUT2D eigenvalue weighted by Crippen LogP contribution is -2.49. The fourth-order valence-electron chi connectivity index (χ4n) is 6.16. The largest absolute Gasteiger partial charge is 0.274 e. The molecule has 2 bridgehead atoms. The predicted molar refractivity (Wildman–Crippen MR) is 112 cm³/mol. The molecule has 1 saturated heterocycles. The molecule has 2 atom stereocenters. The molecule has 0 N–H and O–H groups in total. The number of amides is 2. The first kappa shape index (κ1) is 16.7. The lowest BCUT2D eigenvalue weighted by atomic mass is 9.48. The maximum atomic E-state index is 13.9. The van der Waals surface area contributed by atoms with E-state index in [1.165, 1.54) is 27.2 Å². The normalized spacial score (nSPS) is 28.9. The van der Waals surface area contributed by atoms with E-state index < -0.39 is 5.41 Å². The number of benzene rings is 3. The number of rotatable bonds is 1. The molecule has 1 heterocycles. The van der Waals surface area contributed by atoms with Crippen LogP contribution in [0.2, 0.25) is 0 Å². The van der Waals surface area contributed by atoms with Crippen molar-refractivity contribution in [3.8, 4) is 0 Å². The molecular formula is C26H21NO2. The highest BCUT2D eigenvalue weighted by Crippen LogP contribution is 2.67. The number of carbonyl (C=O) groups excluding carboxylic acids is 2. The molecule has 0 aromatic heterocycles. The third-order valence-corrected chi connectivity index (χ3v) is 7.37. The fourth-order valence-corrected chi connectivity index (χ4v) is 6.16. The van der Waals surface area contributed by atoms with E-state index in [0.717, 1.165) is 5.56 Å². The maximum absolute atomic E-state index is 13.9. The summed E-state index contributed by atoms with van der Waals surface area (Å²) < 4.78 is 0. The molecule has 3 aromatic rings. The van der Waals surface area contributed by atoms with Crippen LogP contribution in [-0.4, -0.2) is 11.8 Å². The van der Waals surface area contributed by atoms with Gasteiger partial charge in [0.05, 0.1) is 17.0 Å². The summed E-state index contributed by atoms with van der Waals surface area (Å²) in [7, 11) is 0. The number of para-hydroxylation sites is 1. The van der Waals surface area contributed by atoms with Crippen molar-refractivity contribution in [2.24, 2.45) is 11.3 Å². The Bertz CT molecular complexity index is 1170. The van der Waals surface area contributed by atoms with E-state index in [1.54, 1.807) is 0 Å². The van der Waals surface area contributed by atoms with Gasteiger partial charge in [0.1, 0.15) is 0 Å². The molecule has 1 fully saturated rings. The van der Waals surface area contributed by atoms with Gasteiger partial charge in [0.15, 0.2) is 0 Å². The minimum atomic E-state index is -0.771. The average Bonchev–Trinajstić information content (AvgIpc) is 2.95. The smallest absolute Gasteiger partial charge is 0.241 e. The lowest BCUT2D eigenvalue weighted by Gasteiger charge is -2.51. The van der Waals surface area contributed by atoms with Crippen molar-refractivity contribution >= 4 is 17.5 Å². The van der Waals surface area contributed by atoms with Gasteiger partial charge in [-0.3, -0.25) is 9.59 Å². The third kappa shape index (κ3) is 1.84. The van der Waals surface area contributed by atoms with Gasteiger partial charge in [-0.15, -0.1) is 0 Å². The van der Waals surface area contributed by atoms with E-state index >= 15 is 0 Å². The number of aryl methyl sites for hydroxylation is 1. The van der Waals surface area contributed by atoms with E-state index in [0.29, 0.717) is 5.69 Å². The molecule has 4 aliphatic rings. The molecule has 3 aliphatic carbocycles. The van der Waals surface area contributed by atoms with Crippen molar-refractivity contribution in [1.82, 2.24) is 0 Å². The van der Waals surface area contributed by atoms with Crippen LogP contribution < -0.4 is 4.90 Å². The summed E-state index contributed by atoms with van der Waals surface area (Å²) in [4.78, 5) is 29.2. The van der Waals surface area contributed by atoms with Crippen molar-refractivity contribution in [3.63, 3.8) is 0 Å². The van der Waals surface area contributed by atoms with E-state index in [9.17, 15) is 9.59 Å². The Morgan fingerprint density at radius 3 is 1.86 bits per heavy atom. The van der Waals surface area contributed by atoms with Crippen LogP contribution in [-0.2, 0) is 9.59 Å². The zero-order valence-corrected chi connectivity index (χ0v) is 16.4. The summed E-state index contributed by atoms with van der Waals surface area (Å²) in [6.07, 6.45) is 0. The number of hydrogen-bond donors (Lipinski definition) is 0. The summed E-state index contributed by atoms with van der Waals surface area (Å²) >= 11 is 0. The zero-order chi connectivity index (χ0) is 19.9. The molecule has 3 heteroatoms. The van der Waals surface area contributed by atoms with Crippen molar-refractivity contribution in [2.45, 2.75) is 25.7 Å². The van der Waals surface area contributed by atoms with Crippen molar-refractivity contribution < 1.29 is 9.59 Å². The summed E-state index contributed by atoms with van der Waals surface area (Å²) in [6.45, 7) is 3.97. The number of hydrogen-bond acceptors (Lipinski definition) is 2. The Hall–Kier alpha value is -3.20. The van der Waals surface area contributed by atoms with Crippen molar-refractivity contribution in [1.29, 1.82) is 0 Å². The Kier molecular flexibility index (Phi) is 3.14. The number of carbonyl (C=O) groups is 2. The summed E-state index contributed by atoms with van der Waals surface area (Å²) in [5, 5.41) is 0. The fraction of sp³-hybridized carbons (Fsp3) is 0.231. The predicted octanol–water partition coefficient (Wildman–Crippen LogP) is 4.78. The van der Waals surface area contributed by atoms with Crippen LogP contribution in [0.1, 0.15) is 46.6 Å². The van der Waals surface area contributed by atoms with Crippen LogP contribution in [0, 0.1) is 18.3 Å². The monoisotopic (exact) mass is 379 g/mol. The van der Waals surface area contributed by atoms with Crippen LogP contribution in [0.4, 0.5) is 5.69 Å². The number of anilines is 1. The highest BCUT2D eigenvalue weighted by atomic mass is 16.2. The van der Waals surface area contributed by atoms with Crippen molar-refractivity contribution in [2.75, 3.05) is 4.90 Å². The molecule has 0 radical (unpaired) electrons. The second-order valence-corrected chi connectivity index (χ2v) is 8.69. The Morgan fingerprint density at radius 2 is 1.28 bits per heavy atom. The molecule has 142 valence electrons. The highest BCUT2D eigenvalue weighted by Gasteiger charge is 2.68. The van der Waals surface area contributed by atoms with Gasteiger partial charge >= 0.3 is 0 Å². The average molecular weight is 379 g/mol. The van der Waals surface area contributed by atoms with Gasteiger partial charge in [0.25, 0.3) is 0 Å². The molecular weight excluding hydrogens is 358 g/mol. The van der Waals surface area contributed by atoms with E-state index in [-0.39, 0.29) is 29.6 Å². The molecule has 3 aromatic carbocycles. The quantitative estimate of drug-likeness (QED) is 0.571. The highest BCUT2D eigenvalue weighted by molar-refractivity contribution is 6.25. The van der Waals surface area contributed by atoms with Gasteiger partial charge in [-0.25, -0.2) is 4.90 Å². The Morgan fingerprint density at radius 1 is 0.759 bits per heavy atom. The van der Waals surface area contributed by atoms with Crippen LogP contribution in [0.15, 0.2) is 72.8 Å². The molecule has 0 spiro atoms. The first-order valence-corrected chi connectivity index (χ1v) is 10.2. The van der Waals surface area contributed by atoms with Gasteiger partial charge in [-0.2, -0.15) is 0 Å². The maximum Gasteiger partial charge on any atom is 0.241 e. The van der Waals surface area contributed by atoms with E-state index in [1.807, 2.05) is 62.4 Å². The van der Waals surface area contributed by atoms with Gasteiger partial charge in [-0.05, 0) is 47.7 Å². The topological polar surface area (TPSA) is 37.4 Å². The van der Waals surface area contributed by atoms with Gasteiger partial charge in [-0.1, -0.05) is 66.7 Å². The zero-order valence-electron chi connectivity index (χ0n) is 16.4. The Balaban J connectivity index is 1.64. The molecule has 1 aliphatic heterocycles. The molecule has 3 nitrogen and oxygen atoms in total. The second kappa shape index (κ2) is 5.44. The first-order valence-electron chi connectivity index (χ1n) is 10.2. The third-order valence-electron chi connectivity index (χ3n) is 7.37. The molecule has 29 heavy (non-hydrogen) atoms. The van der Waals surface area contributed by atoms with Gasteiger partial charge in [0.2, 0.25) is 11.8 Å². The number of imide groups is 1. The molecule has 7 rings (SSSR count).